The Morgan fingerprint density at radius 2 is 1.94 bits per heavy atom. The quantitative estimate of drug-likeness (QED) is 0.892. The van der Waals surface area contributed by atoms with Gasteiger partial charge in [-0.05, 0) is 25.7 Å². The molecule has 4 heteroatoms. The van der Waals surface area contributed by atoms with Crippen molar-refractivity contribution in [2.45, 2.75) is 57.4 Å². The van der Waals surface area contributed by atoms with E-state index in [0.29, 0.717) is 6.04 Å². The van der Waals surface area contributed by atoms with Crippen molar-refractivity contribution in [2.24, 2.45) is 5.92 Å². The lowest BCUT2D eigenvalue weighted by molar-refractivity contribution is -0.122. The number of aromatic nitrogens is 2. The van der Waals surface area contributed by atoms with Crippen LogP contribution in [0.1, 0.15) is 57.4 Å². The second-order valence-electron chi connectivity index (χ2n) is 5.57. The highest BCUT2D eigenvalue weighted by Crippen LogP contribution is 2.31. The Labute approximate surface area is 108 Å². The van der Waals surface area contributed by atoms with Crippen molar-refractivity contribution in [1.29, 1.82) is 0 Å². The summed E-state index contributed by atoms with van der Waals surface area (Å²) in [5.74, 6) is 1.30. The molecule has 98 valence electrons. The van der Waals surface area contributed by atoms with Crippen LogP contribution in [0.15, 0.2) is 12.3 Å². The minimum atomic E-state index is 0.179. The zero-order valence-electron chi connectivity index (χ0n) is 10.8. The predicted octanol–water partition coefficient (Wildman–Crippen LogP) is 3.13. The van der Waals surface area contributed by atoms with Crippen LogP contribution in [-0.2, 0) is 4.79 Å². The second kappa shape index (κ2) is 5.12. The Morgan fingerprint density at radius 3 is 2.61 bits per heavy atom. The van der Waals surface area contributed by atoms with Gasteiger partial charge in [0.2, 0.25) is 5.91 Å². The van der Waals surface area contributed by atoms with E-state index in [4.69, 9.17) is 0 Å². The number of nitrogens with one attached hydrogen (secondary N) is 1. The van der Waals surface area contributed by atoms with Crippen LogP contribution >= 0.6 is 0 Å². The summed E-state index contributed by atoms with van der Waals surface area (Å²) in [5.41, 5.74) is 0. The third-order valence-electron chi connectivity index (χ3n) is 4.32. The molecule has 2 saturated carbocycles. The Kier molecular flexibility index (Phi) is 3.35. The third-order valence-corrected chi connectivity index (χ3v) is 4.32. The molecule has 1 aromatic heterocycles. The van der Waals surface area contributed by atoms with Crippen molar-refractivity contribution in [3.8, 4) is 0 Å². The summed E-state index contributed by atoms with van der Waals surface area (Å²) in [6, 6.07) is 2.40. The molecular weight excluding hydrogens is 226 g/mol. The largest absolute Gasteiger partial charge is 0.311 e. The fourth-order valence-electron chi connectivity index (χ4n) is 2.93. The van der Waals surface area contributed by atoms with E-state index in [-0.39, 0.29) is 11.8 Å². The summed E-state index contributed by atoms with van der Waals surface area (Å²) < 4.78 is 2.02. The highest BCUT2D eigenvalue weighted by molar-refractivity contribution is 5.92. The molecule has 0 bridgehead atoms. The smallest absolute Gasteiger partial charge is 0.228 e. The van der Waals surface area contributed by atoms with Gasteiger partial charge in [-0.25, -0.2) is 4.68 Å². The zero-order chi connectivity index (χ0) is 12.4. The van der Waals surface area contributed by atoms with Crippen molar-refractivity contribution >= 4 is 11.7 Å². The zero-order valence-corrected chi connectivity index (χ0v) is 10.8. The van der Waals surface area contributed by atoms with Gasteiger partial charge in [0, 0.05) is 12.0 Å². The van der Waals surface area contributed by atoms with Gasteiger partial charge >= 0.3 is 0 Å². The van der Waals surface area contributed by atoms with Crippen LogP contribution in [0.3, 0.4) is 0 Å². The SMILES string of the molecule is O=C(Nc1ccnn1C1CCCCC1)C1CCC1. The number of nitrogens with zero attached hydrogens (tertiary/aromatic N) is 2. The summed E-state index contributed by atoms with van der Waals surface area (Å²) in [4.78, 5) is 12.0. The highest BCUT2D eigenvalue weighted by Gasteiger charge is 2.26. The maximum atomic E-state index is 12.0. The molecule has 2 aliphatic carbocycles. The van der Waals surface area contributed by atoms with E-state index in [9.17, 15) is 4.79 Å². The van der Waals surface area contributed by atoms with Crippen molar-refractivity contribution in [1.82, 2.24) is 9.78 Å². The van der Waals surface area contributed by atoms with Crippen LogP contribution in [0.5, 0.6) is 0 Å². The van der Waals surface area contributed by atoms with E-state index >= 15 is 0 Å². The Bertz CT molecular complexity index is 416. The number of hydrogen-bond acceptors (Lipinski definition) is 2. The lowest BCUT2D eigenvalue weighted by Gasteiger charge is -2.26. The fourth-order valence-corrected chi connectivity index (χ4v) is 2.93. The topological polar surface area (TPSA) is 46.9 Å². The molecule has 4 nitrogen and oxygen atoms in total. The van der Waals surface area contributed by atoms with Gasteiger partial charge in [0.25, 0.3) is 0 Å². The summed E-state index contributed by atoms with van der Waals surface area (Å²) in [6.07, 6.45) is 11.3. The first-order chi connectivity index (χ1) is 8.84. The maximum Gasteiger partial charge on any atom is 0.228 e. The van der Waals surface area contributed by atoms with Gasteiger partial charge in [-0.15, -0.1) is 0 Å². The number of hydrogen-bond donors (Lipinski definition) is 1. The van der Waals surface area contributed by atoms with Crippen molar-refractivity contribution < 1.29 is 4.79 Å². The van der Waals surface area contributed by atoms with Gasteiger partial charge < -0.3 is 5.32 Å². The van der Waals surface area contributed by atoms with Gasteiger partial charge in [-0.3, -0.25) is 4.79 Å². The summed E-state index contributed by atoms with van der Waals surface area (Å²) in [7, 11) is 0. The monoisotopic (exact) mass is 247 g/mol. The number of carbonyl (C=O) groups excluding carboxylic acids is 1. The van der Waals surface area contributed by atoms with Gasteiger partial charge in [0.15, 0.2) is 0 Å². The standard InChI is InChI=1S/C14H21N3O/c18-14(11-5-4-6-11)16-13-9-10-15-17(13)12-7-2-1-3-8-12/h9-12H,1-8H2,(H,16,18). The molecular formula is C14H21N3O. The molecule has 2 fully saturated rings. The normalized spacial score (nSPS) is 21.6. The van der Waals surface area contributed by atoms with Crippen LogP contribution in [0.2, 0.25) is 0 Å². The van der Waals surface area contributed by atoms with Crippen LogP contribution in [0.4, 0.5) is 5.82 Å². The summed E-state index contributed by atoms with van der Waals surface area (Å²) in [5, 5.41) is 7.45. The summed E-state index contributed by atoms with van der Waals surface area (Å²) in [6.45, 7) is 0. The molecule has 0 aromatic carbocycles. The van der Waals surface area contributed by atoms with Crippen molar-refractivity contribution in [3.63, 3.8) is 0 Å². The molecule has 18 heavy (non-hydrogen) atoms. The van der Waals surface area contributed by atoms with E-state index in [1.165, 1.54) is 38.5 Å². The van der Waals surface area contributed by atoms with Crippen LogP contribution in [-0.4, -0.2) is 15.7 Å². The minimum absolute atomic E-state index is 0.179. The van der Waals surface area contributed by atoms with Crippen LogP contribution in [0, 0.1) is 5.92 Å². The van der Waals surface area contributed by atoms with Crippen LogP contribution in [0.25, 0.3) is 0 Å². The maximum absolute atomic E-state index is 12.0. The molecule has 3 rings (SSSR count). The molecule has 1 N–H and O–H groups in total. The van der Waals surface area contributed by atoms with Gasteiger partial charge in [0.1, 0.15) is 5.82 Å². The molecule has 1 amide bonds. The molecule has 0 radical (unpaired) electrons. The molecule has 2 aliphatic rings. The average molecular weight is 247 g/mol. The number of carbonyl (C=O) groups is 1. The number of amides is 1. The van der Waals surface area contributed by atoms with E-state index in [2.05, 4.69) is 10.4 Å². The molecule has 0 atom stereocenters. The average Bonchev–Trinajstić information content (AvgIpc) is 2.76. The van der Waals surface area contributed by atoms with Crippen LogP contribution < -0.4 is 5.32 Å². The van der Waals surface area contributed by atoms with E-state index in [0.717, 1.165) is 18.7 Å². The van der Waals surface area contributed by atoms with Crippen molar-refractivity contribution in [3.05, 3.63) is 12.3 Å². The molecule has 0 saturated heterocycles. The lowest BCUT2D eigenvalue weighted by Crippen LogP contribution is -2.29. The molecule has 1 heterocycles. The predicted molar refractivity (Wildman–Crippen MR) is 70.3 cm³/mol. The van der Waals surface area contributed by atoms with Crippen molar-refractivity contribution in [2.75, 3.05) is 5.32 Å². The first-order valence-corrected chi connectivity index (χ1v) is 7.19. The second-order valence-corrected chi connectivity index (χ2v) is 5.57. The fraction of sp³-hybridized carbons (Fsp3) is 0.714. The number of anilines is 1. The molecule has 0 aliphatic heterocycles. The Morgan fingerprint density at radius 1 is 1.17 bits per heavy atom. The molecule has 1 aromatic rings. The Hall–Kier alpha value is -1.32. The van der Waals surface area contributed by atoms with E-state index in [1.54, 1.807) is 6.20 Å². The van der Waals surface area contributed by atoms with E-state index in [1.807, 2.05) is 10.7 Å². The van der Waals surface area contributed by atoms with Gasteiger partial charge in [0.05, 0.1) is 12.2 Å². The third kappa shape index (κ3) is 2.28. The van der Waals surface area contributed by atoms with E-state index < -0.39 is 0 Å². The molecule has 0 unspecified atom stereocenters. The lowest BCUT2D eigenvalue weighted by atomic mass is 9.85. The number of rotatable bonds is 3. The first-order valence-electron chi connectivity index (χ1n) is 7.19. The van der Waals surface area contributed by atoms with Gasteiger partial charge in [-0.2, -0.15) is 5.10 Å². The summed E-state index contributed by atoms with van der Waals surface area (Å²) >= 11 is 0. The molecule has 0 spiro atoms. The first kappa shape index (κ1) is 11.8. The minimum Gasteiger partial charge on any atom is -0.311 e. The highest BCUT2D eigenvalue weighted by atomic mass is 16.2. The Balaban J connectivity index is 1.68. The van der Waals surface area contributed by atoms with Gasteiger partial charge in [-0.1, -0.05) is 25.7 Å².